The van der Waals surface area contributed by atoms with Crippen molar-refractivity contribution < 1.29 is 4.39 Å². The zero-order chi connectivity index (χ0) is 12.0. The number of nitrogens with one attached hydrogen (secondary N) is 1. The van der Waals surface area contributed by atoms with E-state index in [1.165, 1.54) is 6.07 Å². The lowest BCUT2D eigenvalue weighted by Crippen LogP contribution is -2.23. The fraction of sp³-hybridized carbons (Fsp3) is 0.538. The van der Waals surface area contributed by atoms with E-state index in [0.717, 1.165) is 35.7 Å². The van der Waals surface area contributed by atoms with E-state index in [4.69, 9.17) is 0 Å². The van der Waals surface area contributed by atoms with E-state index in [2.05, 4.69) is 28.2 Å². The number of hydrogen-bond donors (Lipinski definition) is 1. The molecule has 0 radical (unpaired) electrons. The second-order valence-corrected chi connectivity index (χ2v) is 4.98. The lowest BCUT2D eigenvalue weighted by atomic mass is 10.0. The highest BCUT2D eigenvalue weighted by Gasteiger charge is 2.04. The zero-order valence-corrected chi connectivity index (χ0v) is 11.5. The van der Waals surface area contributed by atoms with Gasteiger partial charge in [-0.1, -0.05) is 22.9 Å². The van der Waals surface area contributed by atoms with Crippen LogP contribution >= 0.6 is 15.9 Å². The Morgan fingerprint density at radius 1 is 1.38 bits per heavy atom. The van der Waals surface area contributed by atoms with Crippen molar-refractivity contribution >= 4 is 15.9 Å². The Balaban J connectivity index is 2.42. The van der Waals surface area contributed by atoms with Gasteiger partial charge in [-0.3, -0.25) is 0 Å². The first-order chi connectivity index (χ1) is 7.65. The summed E-state index contributed by atoms with van der Waals surface area (Å²) in [6, 6.07) is 5.68. The first-order valence-corrected chi connectivity index (χ1v) is 6.57. The van der Waals surface area contributed by atoms with Crippen molar-refractivity contribution in [3.8, 4) is 0 Å². The standard InChI is InChI=1S/C13H19BrFN/c1-3-13(16-2)6-4-5-10-7-11(14)9-12(15)8-10/h7-9,13,16H,3-6H2,1-2H3. The number of benzene rings is 1. The van der Waals surface area contributed by atoms with Crippen LogP contribution in [0.15, 0.2) is 22.7 Å². The Hall–Kier alpha value is -0.410. The van der Waals surface area contributed by atoms with Crippen LogP contribution in [0.4, 0.5) is 4.39 Å². The van der Waals surface area contributed by atoms with Gasteiger partial charge in [-0.05, 0) is 56.5 Å². The van der Waals surface area contributed by atoms with Gasteiger partial charge >= 0.3 is 0 Å². The normalized spacial score (nSPS) is 12.8. The predicted octanol–water partition coefficient (Wildman–Crippen LogP) is 3.91. The average molecular weight is 288 g/mol. The van der Waals surface area contributed by atoms with Gasteiger partial charge in [0.05, 0.1) is 0 Å². The van der Waals surface area contributed by atoms with Gasteiger partial charge in [0, 0.05) is 10.5 Å². The van der Waals surface area contributed by atoms with Gasteiger partial charge in [0.15, 0.2) is 0 Å². The molecule has 0 aliphatic carbocycles. The highest BCUT2D eigenvalue weighted by Crippen LogP contribution is 2.17. The van der Waals surface area contributed by atoms with Gasteiger partial charge in [-0.25, -0.2) is 4.39 Å². The molecule has 1 aromatic carbocycles. The fourth-order valence-electron chi connectivity index (χ4n) is 1.86. The molecular formula is C13H19BrFN. The molecule has 0 fully saturated rings. The van der Waals surface area contributed by atoms with E-state index in [1.807, 2.05) is 13.1 Å². The molecule has 90 valence electrons. The summed E-state index contributed by atoms with van der Waals surface area (Å²) in [7, 11) is 1.99. The molecule has 0 saturated carbocycles. The fourth-order valence-corrected chi connectivity index (χ4v) is 2.37. The highest BCUT2D eigenvalue weighted by molar-refractivity contribution is 9.10. The number of hydrogen-bond acceptors (Lipinski definition) is 1. The molecule has 1 N–H and O–H groups in total. The second-order valence-electron chi connectivity index (χ2n) is 4.06. The van der Waals surface area contributed by atoms with Gasteiger partial charge in [0.1, 0.15) is 5.82 Å². The maximum absolute atomic E-state index is 13.1. The largest absolute Gasteiger partial charge is 0.317 e. The lowest BCUT2D eigenvalue weighted by Gasteiger charge is -2.13. The number of rotatable bonds is 6. The molecule has 0 aliphatic rings. The van der Waals surface area contributed by atoms with Crippen LogP contribution in [0.3, 0.4) is 0 Å². The Morgan fingerprint density at radius 3 is 2.69 bits per heavy atom. The van der Waals surface area contributed by atoms with E-state index in [-0.39, 0.29) is 5.82 Å². The third kappa shape index (κ3) is 4.62. The SMILES string of the molecule is CCC(CCCc1cc(F)cc(Br)c1)NC. The minimum Gasteiger partial charge on any atom is -0.317 e. The van der Waals surface area contributed by atoms with Crippen LogP contribution in [-0.4, -0.2) is 13.1 Å². The van der Waals surface area contributed by atoms with Crippen molar-refractivity contribution in [2.45, 2.75) is 38.6 Å². The topological polar surface area (TPSA) is 12.0 Å². The molecule has 1 atom stereocenters. The molecule has 1 nitrogen and oxygen atoms in total. The van der Waals surface area contributed by atoms with Crippen LogP contribution in [0.25, 0.3) is 0 Å². The minimum atomic E-state index is -0.162. The maximum Gasteiger partial charge on any atom is 0.124 e. The summed E-state index contributed by atoms with van der Waals surface area (Å²) < 4.78 is 13.9. The molecular weight excluding hydrogens is 269 g/mol. The summed E-state index contributed by atoms with van der Waals surface area (Å²) in [5, 5.41) is 3.28. The summed E-state index contributed by atoms with van der Waals surface area (Å²) in [4.78, 5) is 0. The zero-order valence-electron chi connectivity index (χ0n) is 9.89. The van der Waals surface area contributed by atoms with Gasteiger partial charge in [-0.2, -0.15) is 0 Å². The van der Waals surface area contributed by atoms with E-state index < -0.39 is 0 Å². The number of halogens is 2. The minimum absolute atomic E-state index is 0.162. The van der Waals surface area contributed by atoms with Crippen LogP contribution < -0.4 is 5.32 Å². The van der Waals surface area contributed by atoms with Crippen LogP contribution in [-0.2, 0) is 6.42 Å². The molecule has 1 unspecified atom stereocenters. The molecule has 0 spiro atoms. The predicted molar refractivity (Wildman–Crippen MR) is 70.2 cm³/mol. The molecule has 0 amide bonds. The average Bonchev–Trinajstić information content (AvgIpc) is 2.23. The van der Waals surface area contributed by atoms with Gasteiger partial charge < -0.3 is 5.32 Å². The van der Waals surface area contributed by atoms with Crippen LogP contribution in [0, 0.1) is 5.82 Å². The van der Waals surface area contributed by atoms with Crippen molar-refractivity contribution in [1.29, 1.82) is 0 Å². The lowest BCUT2D eigenvalue weighted by molar-refractivity contribution is 0.491. The molecule has 1 aromatic rings. The van der Waals surface area contributed by atoms with Crippen molar-refractivity contribution in [2.75, 3.05) is 7.05 Å². The van der Waals surface area contributed by atoms with Crippen LogP contribution in [0.2, 0.25) is 0 Å². The van der Waals surface area contributed by atoms with E-state index in [9.17, 15) is 4.39 Å². The molecule has 0 aromatic heterocycles. The Morgan fingerprint density at radius 2 is 2.12 bits per heavy atom. The van der Waals surface area contributed by atoms with Crippen LogP contribution in [0.1, 0.15) is 31.7 Å². The molecule has 3 heteroatoms. The van der Waals surface area contributed by atoms with Crippen molar-refractivity contribution in [3.05, 3.63) is 34.1 Å². The van der Waals surface area contributed by atoms with E-state index >= 15 is 0 Å². The van der Waals surface area contributed by atoms with Crippen LogP contribution in [0.5, 0.6) is 0 Å². The van der Waals surface area contributed by atoms with Crippen molar-refractivity contribution in [3.63, 3.8) is 0 Å². The summed E-state index contributed by atoms with van der Waals surface area (Å²) in [6.45, 7) is 2.18. The quantitative estimate of drug-likeness (QED) is 0.837. The van der Waals surface area contributed by atoms with E-state index in [1.54, 1.807) is 6.07 Å². The van der Waals surface area contributed by atoms with Crippen molar-refractivity contribution in [1.82, 2.24) is 5.32 Å². The van der Waals surface area contributed by atoms with Gasteiger partial charge in [0.2, 0.25) is 0 Å². The summed E-state index contributed by atoms with van der Waals surface area (Å²) >= 11 is 3.31. The molecule has 0 saturated heterocycles. The Bertz CT molecular complexity index is 303. The molecule has 1 rings (SSSR count). The molecule has 16 heavy (non-hydrogen) atoms. The molecule has 0 bridgehead atoms. The maximum atomic E-state index is 13.1. The first-order valence-electron chi connectivity index (χ1n) is 5.78. The Labute approximate surface area is 106 Å². The third-order valence-corrected chi connectivity index (χ3v) is 3.30. The highest BCUT2D eigenvalue weighted by atomic mass is 79.9. The summed E-state index contributed by atoms with van der Waals surface area (Å²) in [5.41, 5.74) is 1.07. The monoisotopic (exact) mass is 287 g/mol. The molecule has 0 heterocycles. The van der Waals surface area contributed by atoms with Gasteiger partial charge in [0.25, 0.3) is 0 Å². The summed E-state index contributed by atoms with van der Waals surface area (Å²) in [6.07, 6.45) is 4.31. The smallest absolute Gasteiger partial charge is 0.124 e. The second kappa shape index (κ2) is 7.02. The number of aryl methyl sites for hydroxylation is 1. The summed E-state index contributed by atoms with van der Waals surface area (Å²) in [5.74, 6) is -0.162. The first kappa shape index (κ1) is 13.7. The molecule has 0 aliphatic heterocycles. The van der Waals surface area contributed by atoms with Gasteiger partial charge in [-0.15, -0.1) is 0 Å². The van der Waals surface area contributed by atoms with Crippen molar-refractivity contribution in [2.24, 2.45) is 0 Å². The third-order valence-electron chi connectivity index (χ3n) is 2.84. The van der Waals surface area contributed by atoms with E-state index in [0.29, 0.717) is 6.04 Å². The Kier molecular flexibility index (Phi) is 5.99.